The van der Waals surface area contributed by atoms with Crippen molar-refractivity contribution in [3.05, 3.63) is 72.2 Å². The molecule has 1 aromatic heterocycles. The summed E-state index contributed by atoms with van der Waals surface area (Å²) in [6.45, 7) is 0.314. The molecule has 1 unspecified atom stereocenters. The Morgan fingerprint density at radius 3 is 2.62 bits per heavy atom. The molecule has 0 bridgehead atoms. The Balaban J connectivity index is 1.97. The second-order valence-corrected chi connectivity index (χ2v) is 4.97. The fourth-order valence-corrected chi connectivity index (χ4v) is 2.54. The van der Waals surface area contributed by atoms with E-state index < -0.39 is 11.9 Å². The Labute approximate surface area is 121 Å². The van der Waals surface area contributed by atoms with Crippen molar-refractivity contribution in [3.8, 4) is 0 Å². The molecule has 3 rings (SSSR count). The van der Waals surface area contributed by atoms with Gasteiger partial charge in [-0.15, -0.1) is 0 Å². The lowest BCUT2D eigenvalue weighted by atomic mass is 9.99. The van der Waals surface area contributed by atoms with Crippen molar-refractivity contribution < 1.29 is 14.3 Å². The predicted molar refractivity (Wildman–Crippen MR) is 78.7 cm³/mol. The zero-order valence-corrected chi connectivity index (χ0v) is 11.2. The summed E-state index contributed by atoms with van der Waals surface area (Å²) < 4.78 is 15.0. The van der Waals surface area contributed by atoms with Gasteiger partial charge in [-0.25, -0.2) is 4.39 Å². The second kappa shape index (κ2) is 5.40. The predicted octanol–water partition coefficient (Wildman–Crippen LogP) is 3.65. The number of hydrogen-bond donors (Lipinski definition) is 1. The van der Waals surface area contributed by atoms with Crippen LogP contribution < -0.4 is 0 Å². The highest BCUT2D eigenvalue weighted by Crippen LogP contribution is 2.23. The number of fused-ring (bicyclic) bond motifs is 1. The van der Waals surface area contributed by atoms with Crippen LogP contribution in [0, 0.1) is 5.82 Å². The maximum absolute atomic E-state index is 13.2. The maximum Gasteiger partial charge on any atom is 0.312 e. The molecule has 0 fully saturated rings. The average molecular weight is 283 g/mol. The van der Waals surface area contributed by atoms with Gasteiger partial charge in [0.05, 0.1) is 5.92 Å². The minimum Gasteiger partial charge on any atom is -0.481 e. The molecule has 1 heterocycles. The molecule has 3 aromatic rings. The number of halogens is 1. The van der Waals surface area contributed by atoms with E-state index in [1.165, 1.54) is 12.1 Å². The monoisotopic (exact) mass is 283 g/mol. The highest BCUT2D eigenvalue weighted by molar-refractivity contribution is 5.81. The van der Waals surface area contributed by atoms with Crippen molar-refractivity contribution in [2.45, 2.75) is 12.5 Å². The Bertz CT molecular complexity index is 780. The number of aromatic nitrogens is 1. The molecule has 4 heteroatoms. The largest absolute Gasteiger partial charge is 0.481 e. The van der Waals surface area contributed by atoms with Crippen LogP contribution in [0.4, 0.5) is 4.39 Å². The standard InChI is InChI=1S/C17H14FNO2/c18-14-6-7-16-13(10-14)8-9-19(16)11-15(17(20)21)12-4-2-1-3-5-12/h1-10,15H,11H2,(H,20,21). The summed E-state index contributed by atoms with van der Waals surface area (Å²) in [6.07, 6.45) is 1.79. The molecule has 21 heavy (non-hydrogen) atoms. The summed E-state index contributed by atoms with van der Waals surface area (Å²) >= 11 is 0. The SMILES string of the molecule is O=C(O)C(Cn1ccc2cc(F)ccc21)c1ccccc1. The van der Waals surface area contributed by atoms with Crippen LogP contribution in [-0.4, -0.2) is 15.6 Å². The molecule has 1 atom stereocenters. The third kappa shape index (κ3) is 2.65. The van der Waals surface area contributed by atoms with Gasteiger partial charge in [-0.1, -0.05) is 30.3 Å². The number of aliphatic carboxylic acids is 1. The van der Waals surface area contributed by atoms with Crippen molar-refractivity contribution in [2.24, 2.45) is 0 Å². The van der Waals surface area contributed by atoms with Gasteiger partial charge in [-0.05, 0) is 29.8 Å². The van der Waals surface area contributed by atoms with Crippen molar-refractivity contribution >= 4 is 16.9 Å². The summed E-state index contributed by atoms with van der Waals surface area (Å²) in [5.74, 6) is -1.80. The summed E-state index contributed by atoms with van der Waals surface area (Å²) in [7, 11) is 0. The van der Waals surface area contributed by atoms with Crippen LogP contribution in [0.1, 0.15) is 11.5 Å². The van der Waals surface area contributed by atoms with Gasteiger partial charge in [-0.3, -0.25) is 4.79 Å². The molecule has 0 saturated heterocycles. The highest BCUT2D eigenvalue weighted by Gasteiger charge is 2.20. The number of carboxylic acids is 1. The van der Waals surface area contributed by atoms with E-state index in [0.29, 0.717) is 6.54 Å². The third-order valence-electron chi connectivity index (χ3n) is 3.61. The zero-order valence-electron chi connectivity index (χ0n) is 11.2. The first kappa shape index (κ1) is 13.4. The molecule has 0 aliphatic rings. The van der Waals surface area contributed by atoms with E-state index in [2.05, 4.69) is 0 Å². The Hall–Kier alpha value is -2.62. The number of benzene rings is 2. The van der Waals surface area contributed by atoms with Gasteiger partial charge in [0.15, 0.2) is 0 Å². The Morgan fingerprint density at radius 2 is 1.90 bits per heavy atom. The molecule has 0 amide bonds. The van der Waals surface area contributed by atoms with Crippen LogP contribution in [0.2, 0.25) is 0 Å². The van der Waals surface area contributed by atoms with Crippen molar-refractivity contribution in [1.82, 2.24) is 4.57 Å². The van der Waals surface area contributed by atoms with E-state index in [4.69, 9.17) is 0 Å². The minimum absolute atomic E-state index is 0.293. The van der Waals surface area contributed by atoms with Crippen LogP contribution in [0.5, 0.6) is 0 Å². The Morgan fingerprint density at radius 1 is 1.14 bits per heavy atom. The van der Waals surface area contributed by atoms with E-state index in [-0.39, 0.29) is 5.82 Å². The first-order chi connectivity index (χ1) is 10.1. The van der Waals surface area contributed by atoms with E-state index in [9.17, 15) is 14.3 Å². The highest BCUT2D eigenvalue weighted by atomic mass is 19.1. The van der Waals surface area contributed by atoms with Crippen LogP contribution in [0.15, 0.2) is 60.8 Å². The zero-order chi connectivity index (χ0) is 14.8. The molecular formula is C17H14FNO2. The second-order valence-electron chi connectivity index (χ2n) is 4.97. The minimum atomic E-state index is -0.870. The number of nitrogens with zero attached hydrogens (tertiary/aromatic N) is 1. The molecule has 106 valence electrons. The van der Waals surface area contributed by atoms with Gasteiger partial charge < -0.3 is 9.67 Å². The van der Waals surface area contributed by atoms with Crippen LogP contribution in [0.3, 0.4) is 0 Å². The summed E-state index contributed by atoms with van der Waals surface area (Å²) in [6, 6.07) is 15.4. The first-order valence-electron chi connectivity index (χ1n) is 6.67. The molecule has 0 aliphatic heterocycles. The lowest BCUT2D eigenvalue weighted by Gasteiger charge is -2.14. The van der Waals surface area contributed by atoms with Gasteiger partial charge in [0.1, 0.15) is 5.82 Å². The maximum atomic E-state index is 13.2. The van der Waals surface area contributed by atoms with Gasteiger partial charge in [0.25, 0.3) is 0 Å². The van der Waals surface area contributed by atoms with E-state index in [1.54, 1.807) is 18.3 Å². The van der Waals surface area contributed by atoms with Crippen molar-refractivity contribution in [3.63, 3.8) is 0 Å². The van der Waals surface area contributed by atoms with Crippen molar-refractivity contribution in [1.29, 1.82) is 0 Å². The number of carboxylic acid groups (broad SMARTS) is 1. The molecule has 0 saturated carbocycles. The molecule has 3 nitrogen and oxygen atoms in total. The summed E-state index contributed by atoms with van der Waals surface area (Å²) in [5.41, 5.74) is 1.59. The Kier molecular flexibility index (Phi) is 3.44. The third-order valence-corrected chi connectivity index (χ3v) is 3.61. The fourth-order valence-electron chi connectivity index (χ4n) is 2.54. The van der Waals surface area contributed by atoms with Crippen LogP contribution >= 0.6 is 0 Å². The van der Waals surface area contributed by atoms with E-state index in [0.717, 1.165) is 16.5 Å². The molecule has 0 aliphatic carbocycles. The van der Waals surface area contributed by atoms with E-state index >= 15 is 0 Å². The molecule has 0 spiro atoms. The first-order valence-corrected chi connectivity index (χ1v) is 6.67. The van der Waals surface area contributed by atoms with Gasteiger partial charge >= 0.3 is 5.97 Å². The molecule has 2 aromatic carbocycles. The smallest absolute Gasteiger partial charge is 0.312 e. The van der Waals surface area contributed by atoms with E-state index in [1.807, 2.05) is 34.9 Å². The number of hydrogen-bond acceptors (Lipinski definition) is 1. The lowest BCUT2D eigenvalue weighted by Crippen LogP contribution is -2.17. The van der Waals surface area contributed by atoms with Crippen molar-refractivity contribution in [2.75, 3.05) is 0 Å². The molecular weight excluding hydrogens is 269 g/mol. The fraction of sp³-hybridized carbons (Fsp3) is 0.118. The summed E-state index contributed by atoms with van der Waals surface area (Å²) in [4.78, 5) is 11.5. The summed E-state index contributed by atoms with van der Waals surface area (Å²) in [5, 5.41) is 10.2. The number of rotatable bonds is 4. The van der Waals surface area contributed by atoms with Crippen LogP contribution in [-0.2, 0) is 11.3 Å². The lowest BCUT2D eigenvalue weighted by molar-refractivity contribution is -0.139. The van der Waals surface area contributed by atoms with Gasteiger partial charge in [0, 0.05) is 23.6 Å². The normalized spacial score (nSPS) is 12.4. The van der Waals surface area contributed by atoms with Crippen LogP contribution in [0.25, 0.3) is 10.9 Å². The topological polar surface area (TPSA) is 42.2 Å². The average Bonchev–Trinajstić information content (AvgIpc) is 2.87. The number of carbonyl (C=O) groups is 1. The van der Waals surface area contributed by atoms with Gasteiger partial charge in [0.2, 0.25) is 0 Å². The molecule has 0 radical (unpaired) electrons. The molecule has 1 N–H and O–H groups in total. The van der Waals surface area contributed by atoms with Gasteiger partial charge in [-0.2, -0.15) is 0 Å². The quantitative estimate of drug-likeness (QED) is 0.794.